The summed E-state index contributed by atoms with van der Waals surface area (Å²) in [5, 5.41) is 8.63. The van der Waals surface area contributed by atoms with Crippen LogP contribution in [0.4, 0.5) is 0 Å². The predicted molar refractivity (Wildman–Crippen MR) is 128 cm³/mol. The molecule has 180 valence electrons. The molecule has 8 nitrogen and oxygen atoms in total. The smallest absolute Gasteiger partial charge is 0.336 e. The quantitative estimate of drug-likeness (QED) is 0.243. The van der Waals surface area contributed by atoms with E-state index in [2.05, 4.69) is 19.2 Å². The molecule has 2 aromatic rings. The molecule has 0 fully saturated rings. The van der Waals surface area contributed by atoms with Crippen LogP contribution in [0.1, 0.15) is 17.5 Å². The molecule has 0 aliphatic carbocycles. The number of ether oxygens (including phenoxy) is 4. The molecule has 0 saturated carbocycles. The molecule has 35 heavy (non-hydrogen) atoms. The monoisotopic (exact) mass is 475 g/mol. The third-order valence-electron chi connectivity index (χ3n) is 4.42. The van der Waals surface area contributed by atoms with Gasteiger partial charge in [-0.25, -0.2) is 14.4 Å². The Bertz CT molecular complexity index is 1100. The van der Waals surface area contributed by atoms with Crippen LogP contribution in [0.3, 0.4) is 0 Å². The molecule has 8 heteroatoms. The van der Waals surface area contributed by atoms with Crippen LogP contribution >= 0.6 is 0 Å². The average Bonchev–Trinajstić information content (AvgIpc) is 2.88. The summed E-state index contributed by atoms with van der Waals surface area (Å²) in [5.41, 5.74) is 1.72. The minimum absolute atomic E-state index is 0.0547. The lowest BCUT2D eigenvalue weighted by atomic mass is 10.1. The molecular weight excluding hydrogens is 450 g/mol. The van der Waals surface area contributed by atoms with Crippen molar-refractivity contribution < 1.29 is 33.3 Å². The number of benzene rings is 2. The first-order valence-corrected chi connectivity index (χ1v) is 10.6. The van der Waals surface area contributed by atoms with E-state index in [1.807, 2.05) is 12.1 Å². The van der Waals surface area contributed by atoms with E-state index in [-0.39, 0.29) is 13.2 Å². The van der Waals surface area contributed by atoms with Crippen molar-refractivity contribution in [2.45, 2.75) is 18.9 Å². The van der Waals surface area contributed by atoms with Crippen LogP contribution in [0, 0.1) is 11.3 Å². The second-order valence-electron chi connectivity index (χ2n) is 7.03. The van der Waals surface area contributed by atoms with Crippen LogP contribution in [-0.2, 0) is 30.3 Å². The van der Waals surface area contributed by atoms with Gasteiger partial charge in [0.25, 0.3) is 0 Å². The Balaban J connectivity index is 1.86. The topological polar surface area (TPSA) is 112 Å². The summed E-state index contributed by atoms with van der Waals surface area (Å²) in [4.78, 5) is 34.8. The number of esters is 3. The van der Waals surface area contributed by atoms with E-state index in [4.69, 9.17) is 24.2 Å². The Morgan fingerprint density at radius 2 is 1.54 bits per heavy atom. The number of nitrogens with zero attached hydrogens (tertiary/aromatic N) is 1. The fraction of sp³-hybridized carbons (Fsp3) is 0.185. The molecule has 1 atom stereocenters. The van der Waals surface area contributed by atoms with Gasteiger partial charge < -0.3 is 18.9 Å². The van der Waals surface area contributed by atoms with E-state index in [0.29, 0.717) is 24.3 Å². The summed E-state index contributed by atoms with van der Waals surface area (Å²) in [6.07, 6.45) is 5.15. The molecule has 0 N–H and O–H groups in total. The van der Waals surface area contributed by atoms with Gasteiger partial charge in [-0.15, -0.1) is 0 Å². The molecule has 2 aromatic carbocycles. The first-order valence-electron chi connectivity index (χ1n) is 10.6. The first-order chi connectivity index (χ1) is 16.9. The third-order valence-corrected chi connectivity index (χ3v) is 4.42. The highest BCUT2D eigenvalue weighted by Gasteiger charge is 2.16. The average molecular weight is 475 g/mol. The molecule has 0 aliphatic rings. The van der Waals surface area contributed by atoms with Crippen molar-refractivity contribution >= 4 is 24.0 Å². The fourth-order valence-corrected chi connectivity index (χ4v) is 2.67. The molecule has 0 saturated heterocycles. The Morgan fingerprint density at radius 1 is 0.886 bits per heavy atom. The number of hydrogen-bond donors (Lipinski definition) is 0. The van der Waals surface area contributed by atoms with E-state index in [0.717, 1.165) is 23.3 Å². The van der Waals surface area contributed by atoms with Crippen molar-refractivity contribution in [2.75, 3.05) is 13.2 Å². The van der Waals surface area contributed by atoms with E-state index in [9.17, 15) is 14.4 Å². The number of carbonyl (C=O) groups is 3. The van der Waals surface area contributed by atoms with Crippen LogP contribution in [-0.4, -0.2) is 37.2 Å². The maximum Gasteiger partial charge on any atom is 0.336 e. The van der Waals surface area contributed by atoms with Gasteiger partial charge in [-0.1, -0.05) is 37.4 Å². The lowest BCUT2D eigenvalue weighted by molar-refractivity contribution is -0.154. The minimum Gasteiger partial charge on any atom is -0.490 e. The van der Waals surface area contributed by atoms with Crippen LogP contribution < -0.4 is 9.47 Å². The Morgan fingerprint density at radius 3 is 2.17 bits per heavy atom. The Hall–Kier alpha value is -4.64. The van der Waals surface area contributed by atoms with Gasteiger partial charge in [0.05, 0.1) is 6.07 Å². The summed E-state index contributed by atoms with van der Waals surface area (Å²) in [5.74, 6) is -0.955. The van der Waals surface area contributed by atoms with Gasteiger partial charge in [0, 0.05) is 24.6 Å². The number of hydrogen-bond acceptors (Lipinski definition) is 8. The van der Waals surface area contributed by atoms with Crippen LogP contribution in [0.25, 0.3) is 6.08 Å². The summed E-state index contributed by atoms with van der Waals surface area (Å²) in [7, 11) is 0. The molecule has 0 amide bonds. The third kappa shape index (κ3) is 10.2. The zero-order valence-electron chi connectivity index (χ0n) is 19.1. The van der Waals surface area contributed by atoms with Gasteiger partial charge in [0.2, 0.25) is 0 Å². The maximum absolute atomic E-state index is 12.1. The summed E-state index contributed by atoms with van der Waals surface area (Å²) < 4.78 is 20.9. The molecule has 1 unspecified atom stereocenters. The fourth-order valence-electron chi connectivity index (χ4n) is 2.67. The van der Waals surface area contributed by atoms with Gasteiger partial charge in [0.1, 0.15) is 24.7 Å². The highest BCUT2D eigenvalue weighted by atomic mass is 16.6. The molecule has 0 heterocycles. The molecule has 0 aliphatic heterocycles. The van der Waals surface area contributed by atoms with Crippen LogP contribution in [0.2, 0.25) is 0 Å². The van der Waals surface area contributed by atoms with Crippen molar-refractivity contribution in [3.8, 4) is 17.6 Å². The SMILES string of the molecule is C=CC(=O)OCC(COc1ccc(/C=C/C(=O)Oc2ccc(CCC#N)cc2)cc1)OC(=O)C=C. The van der Waals surface area contributed by atoms with Gasteiger partial charge in [0.15, 0.2) is 6.10 Å². The van der Waals surface area contributed by atoms with Crippen molar-refractivity contribution in [1.82, 2.24) is 0 Å². The van der Waals surface area contributed by atoms with E-state index in [1.165, 1.54) is 6.08 Å². The normalized spacial score (nSPS) is 11.1. The van der Waals surface area contributed by atoms with Gasteiger partial charge in [-0.3, -0.25) is 0 Å². The highest BCUT2D eigenvalue weighted by Crippen LogP contribution is 2.16. The number of rotatable bonds is 13. The standard InChI is InChI=1S/C27H25NO7/c1-3-25(29)33-19-24(35-26(30)4-2)18-32-22-12-7-21(8-13-22)11-16-27(31)34-23-14-9-20(10-15-23)6-5-17-28/h3-4,7-16,24H,1-2,5-6,18-19H2/b16-11+. The minimum atomic E-state index is -0.834. The second kappa shape index (κ2) is 14.5. The molecular formula is C27H25NO7. The summed E-state index contributed by atoms with van der Waals surface area (Å²) >= 11 is 0. The molecule has 0 radical (unpaired) electrons. The van der Waals surface area contributed by atoms with Gasteiger partial charge in [-0.2, -0.15) is 5.26 Å². The molecule has 0 bridgehead atoms. The second-order valence-corrected chi connectivity index (χ2v) is 7.03. The zero-order chi connectivity index (χ0) is 25.5. The number of aryl methyl sites for hydroxylation is 1. The molecule has 2 rings (SSSR count). The predicted octanol–water partition coefficient (Wildman–Crippen LogP) is 3.97. The van der Waals surface area contributed by atoms with Crippen LogP contribution in [0.15, 0.2) is 79.9 Å². The lowest BCUT2D eigenvalue weighted by Gasteiger charge is -2.17. The zero-order valence-corrected chi connectivity index (χ0v) is 19.1. The number of carbonyl (C=O) groups excluding carboxylic acids is 3. The Labute approximate surface area is 203 Å². The van der Waals surface area contributed by atoms with Crippen molar-refractivity contribution in [3.63, 3.8) is 0 Å². The Kier molecular flexibility index (Phi) is 11.0. The van der Waals surface area contributed by atoms with Gasteiger partial charge >= 0.3 is 17.9 Å². The molecule has 0 spiro atoms. The molecule has 0 aromatic heterocycles. The highest BCUT2D eigenvalue weighted by molar-refractivity contribution is 5.88. The van der Waals surface area contributed by atoms with E-state index >= 15 is 0 Å². The van der Waals surface area contributed by atoms with E-state index in [1.54, 1.807) is 42.5 Å². The van der Waals surface area contributed by atoms with Crippen molar-refractivity contribution in [2.24, 2.45) is 0 Å². The summed E-state index contributed by atoms with van der Waals surface area (Å²) in [6, 6.07) is 15.9. The maximum atomic E-state index is 12.1. The largest absolute Gasteiger partial charge is 0.490 e. The van der Waals surface area contributed by atoms with Gasteiger partial charge in [-0.05, 0) is 47.9 Å². The van der Waals surface area contributed by atoms with E-state index < -0.39 is 24.0 Å². The number of nitriles is 1. The van der Waals surface area contributed by atoms with Crippen LogP contribution in [0.5, 0.6) is 11.5 Å². The summed E-state index contributed by atoms with van der Waals surface area (Å²) in [6.45, 7) is 6.38. The van der Waals surface area contributed by atoms with Crippen molar-refractivity contribution in [1.29, 1.82) is 5.26 Å². The van der Waals surface area contributed by atoms with Crippen molar-refractivity contribution in [3.05, 3.63) is 91.0 Å². The lowest BCUT2D eigenvalue weighted by Crippen LogP contribution is -2.30. The first kappa shape index (κ1) is 26.6.